The molecule has 0 aromatic heterocycles. The molecule has 4 rings (SSSR count). The summed E-state index contributed by atoms with van der Waals surface area (Å²) in [6, 6.07) is 12.1. The Hall–Kier alpha value is -2.69. The van der Waals surface area contributed by atoms with E-state index < -0.39 is 5.79 Å². The molecule has 25 heavy (non-hydrogen) atoms. The quantitative estimate of drug-likeness (QED) is 0.887. The summed E-state index contributed by atoms with van der Waals surface area (Å²) in [4.78, 5) is 12.2. The van der Waals surface area contributed by atoms with Crippen LogP contribution >= 0.6 is 0 Å². The number of carbonyl (C=O) groups excluding carboxylic acids is 1. The van der Waals surface area contributed by atoms with Crippen LogP contribution in [0.3, 0.4) is 0 Å². The number of aromatic hydroxyl groups is 1. The standard InChI is InChI=1S/C20H21NO4/c22-16-7-4-14(5-8-16)12-19(23)21-15-6-9-17-18(13-15)25-20(24-17)10-2-1-3-11-20/h4-9,13,22H,1-3,10-12H2,(H,21,23). The number of hydrogen-bond acceptors (Lipinski definition) is 4. The molecule has 1 amide bonds. The van der Waals surface area contributed by atoms with Gasteiger partial charge in [0.1, 0.15) is 5.75 Å². The van der Waals surface area contributed by atoms with Crippen molar-refractivity contribution in [1.82, 2.24) is 0 Å². The highest BCUT2D eigenvalue weighted by molar-refractivity contribution is 5.92. The van der Waals surface area contributed by atoms with E-state index in [1.165, 1.54) is 6.42 Å². The normalized spacial score (nSPS) is 17.4. The Labute approximate surface area is 146 Å². The van der Waals surface area contributed by atoms with E-state index in [-0.39, 0.29) is 18.1 Å². The molecule has 1 heterocycles. The minimum Gasteiger partial charge on any atom is -0.508 e. The summed E-state index contributed by atoms with van der Waals surface area (Å²) in [6.45, 7) is 0. The molecule has 2 aliphatic rings. The van der Waals surface area contributed by atoms with E-state index in [2.05, 4.69) is 5.32 Å². The molecular formula is C20H21NO4. The Morgan fingerprint density at radius 3 is 2.48 bits per heavy atom. The molecule has 130 valence electrons. The summed E-state index contributed by atoms with van der Waals surface area (Å²) in [5.74, 6) is 1.02. The highest BCUT2D eigenvalue weighted by atomic mass is 16.7. The summed E-state index contributed by atoms with van der Waals surface area (Å²) in [7, 11) is 0. The Kier molecular flexibility index (Phi) is 3.99. The second-order valence-electron chi connectivity index (χ2n) is 6.73. The number of hydrogen-bond donors (Lipinski definition) is 2. The third kappa shape index (κ3) is 3.40. The molecule has 2 N–H and O–H groups in total. The van der Waals surface area contributed by atoms with Crippen LogP contribution in [-0.2, 0) is 11.2 Å². The Bertz CT molecular complexity index is 779. The summed E-state index contributed by atoms with van der Waals surface area (Å²) < 4.78 is 12.1. The minimum absolute atomic E-state index is 0.114. The lowest BCUT2D eigenvalue weighted by Gasteiger charge is -2.31. The highest BCUT2D eigenvalue weighted by Crippen LogP contribution is 2.46. The van der Waals surface area contributed by atoms with Crippen molar-refractivity contribution in [3.8, 4) is 17.2 Å². The summed E-state index contributed by atoms with van der Waals surface area (Å²) in [6.07, 6.45) is 5.52. The Morgan fingerprint density at radius 2 is 1.72 bits per heavy atom. The third-order valence-corrected chi connectivity index (χ3v) is 4.74. The number of nitrogens with one attached hydrogen (secondary N) is 1. The van der Waals surface area contributed by atoms with Gasteiger partial charge in [-0.3, -0.25) is 4.79 Å². The Balaban J connectivity index is 1.42. The van der Waals surface area contributed by atoms with Gasteiger partial charge >= 0.3 is 0 Å². The molecule has 1 spiro atoms. The van der Waals surface area contributed by atoms with E-state index in [9.17, 15) is 9.90 Å². The van der Waals surface area contributed by atoms with Crippen molar-refractivity contribution in [2.75, 3.05) is 5.32 Å². The first kappa shape index (κ1) is 15.8. The van der Waals surface area contributed by atoms with Gasteiger partial charge in [0.25, 0.3) is 5.79 Å². The highest BCUT2D eigenvalue weighted by Gasteiger charge is 2.42. The van der Waals surface area contributed by atoms with E-state index in [4.69, 9.17) is 9.47 Å². The zero-order chi connectivity index (χ0) is 17.3. The van der Waals surface area contributed by atoms with Crippen LogP contribution in [0.5, 0.6) is 17.2 Å². The third-order valence-electron chi connectivity index (χ3n) is 4.74. The SMILES string of the molecule is O=C(Cc1ccc(O)cc1)Nc1ccc2c(c1)OC1(CCCCC1)O2. The first-order chi connectivity index (χ1) is 12.1. The molecule has 0 bridgehead atoms. The minimum atomic E-state index is -0.505. The number of phenols is 1. The van der Waals surface area contributed by atoms with Gasteiger partial charge in [-0.2, -0.15) is 0 Å². The van der Waals surface area contributed by atoms with Crippen LogP contribution in [0.2, 0.25) is 0 Å². The van der Waals surface area contributed by atoms with Gasteiger partial charge in [0, 0.05) is 24.6 Å². The van der Waals surface area contributed by atoms with Crippen LogP contribution in [0.15, 0.2) is 42.5 Å². The Morgan fingerprint density at radius 1 is 1.00 bits per heavy atom. The summed E-state index contributed by atoms with van der Waals surface area (Å²) in [5.41, 5.74) is 1.54. The second kappa shape index (κ2) is 6.31. The number of carbonyl (C=O) groups is 1. The van der Waals surface area contributed by atoms with E-state index in [0.717, 1.165) is 37.0 Å². The number of ether oxygens (including phenoxy) is 2. The number of benzene rings is 2. The van der Waals surface area contributed by atoms with Crippen molar-refractivity contribution < 1.29 is 19.4 Å². The first-order valence-electron chi connectivity index (χ1n) is 8.72. The van der Waals surface area contributed by atoms with E-state index in [1.54, 1.807) is 24.3 Å². The molecule has 0 atom stereocenters. The van der Waals surface area contributed by atoms with Gasteiger partial charge in [-0.05, 0) is 42.7 Å². The molecule has 2 aromatic rings. The molecular weight excluding hydrogens is 318 g/mol. The van der Waals surface area contributed by atoms with E-state index >= 15 is 0 Å². The van der Waals surface area contributed by atoms with E-state index in [1.807, 2.05) is 18.2 Å². The van der Waals surface area contributed by atoms with E-state index in [0.29, 0.717) is 11.4 Å². The van der Waals surface area contributed by atoms with Crippen LogP contribution in [0.1, 0.15) is 37.7 Å². The number of anilines is 1. The smallest absolute Gasteiger partial charge is 0.251 e. The van der Waals surface area contributed by atoms with Crippen LogP contribution in [0.4, 0.5) is 5.69 Å². The van der Waals surface area contributed by atoms with Crippen molar-refractivity contribution in [3.63, 3.8) is 0 Å². The molecule has 0 unspecified atom stereocenters. The van der Waals surface area contributed by atoms with Crippen LogP contribution in [0, 0.1) is 0 Å². The van der Waals surface area contributed by atoms with Gasteiger partial charge in [0.05, 0.1) is 6.42 Å². The molecule has 5 nitrogen and oxygen atoms in total. The largest absolute Gasteiger partial charge is 0.508 e. The molecule has 2 aromatic carbocycles. The number of rotatable bonds is 3. The van der Waals surface area contributed by atoms with Crippen LogP contribution < -0.4 is 14.8 Å². The molecule has 0 saturated heterocycles. The van der Waals surface area contributed by atoms with Crippen molar-refractivity contribution >= 4 is 11.6 Å². The average Bonchev–Trinajstić information content (AvgIpc) is 2.94. The fourth-order valence-corrected chi connectivity index (χ4v) is 3.47. The first-order valence-corrected chi connectivity index (χ1v) is 8.72. The lowest BCUT2D eigenvalue weighted by molar-refractivity contribution is -0.115. The average molecular weight is 339 g/mol. The summed E-state index contributed by atoms with van der Waals surface area (Å²) >= 11 is 0. The number of phenolic OH excluding ortho intramolecular Hbond substituents is 1. The monoisotopic (exact) mass is 339 g/mol. The predicted molar refractivity (Wildman–Crippen MR) is 94.0 cm³/mol. The van der Waals surface area contributed by atoms with Gasteiger partial charge in [-0.25, -0.2) is 0 Å². The molecule has 1 saturated carbocycles. The maximum absolute atomic E-state index is 12.2. The van der Waals surface area contributed by atoms with Crippen molar-refractivity contribution in [2.24, 2.45) is 0 Å². The fourth-order valence-electron chi connectivity index (χ4n) is 3.47. The number of amides is 1. The molecule has 5 heteroatoms. The molecule has 0 radical (unpaired) electrons. The molecule has 1 aliphatic heterocycles. The van der Waals surface area contributed by atoms with Gasteiger partial charge < -0.3 is 19.9 Å². The topological polar surface area (TPSA) is 67.8 Å². The van der Waals surface area contributed by atoms with Crippen molar-refractivity contribution in [1.29, 1.82) is 0 Å². The van der Waals surface area contributed by atoms with Crippen molar-refractivity contribution in [3.05, 3.63) is 48.0 Å². The molecule has 1 aliphatic carbocycles. The van der Waals surface area contributed by atoms with Gasteiger partial charge in [-0.15, -0.1) is 0 Å². The van der Waals surface area contributed by atoms with Crippen molar-refractivity contribution in [2.45, 2.75) is 44.3 Å². The maximum atomic E-state index is 12.2. The fraction of sp³-hybridized carbons (Fsp3) is 0.350. The number of fused-ring (bicyclic) bond motifs is 1. The van der Waals surface area contributed by atoms with Gasteiger partial charge in [-0.1, -0.05) is 18.6 Å². The van der Waals surface area contributed by atoms with Crippen LogP contribution in [0.25, 0.3) is 0 Å². The summed E-state index contributed by atoms with van der Waals surface area (Å²) in [5, 5.41) is 12.2. The zero-order valence-corrected chi connectivity index (χ0v) is 14.0. The predicted octanol–water partition coefficient (Wildman–Crippen LogP) is 4.01. The van der Waals surface area contributed by atoms with Gasteiger partial charge in [0.2, 0.25) is 5.91 Å². The zero-order valence-electron chi connectivity index (χ0n) is 14.0. The van der Waals surface area contributed by atoms with Crippen LogP contribution in [-0.4, -0.2) is 16.8 Å². The lowest BCUT2D eigenvalue weighted by Crippen LogP contribution is -2.40. The van der Waals surface area contributed by atoms with Gasteiger partial charge in [0.15, 0.2) is 11.5 Å². The lowest BCUT2D eigenvalue weighted by atomic mass is 9.94. The maximum Gasteiger partial charge on any atom is 0.251 e. The molecule has 1 fully saturated rings. The second-order valence-corrected chi connectivity index (χ2v) is 6.73.